The highest BCUT2D eigenvalue weighted by Gasteiger charge is 2.10. The number of methoxy groups -OCH3 is 1. The van der Waals surface area contributed by atoms with Crippen LogP contribution < -0.4 is 20.3 Å². The molecule has 0 bridgehead atoms. The van der Waals surface area contributed by atoms with Crippen LogP contribution in [-0.2, 0) is 0 Å². The Labute approximate surface area is 163 Å². The molecule has 1 aromatic carbocycles. The van der Waals surface area contributed by atoms with Gasteiger partial charge in [-0.2, -0.15) is 0 Å². The van der Waals surface area contributed by atoms with E-state index in [0.717, 1.165) is 24.2 Å². The third-order valence-electron chi connectivity index (χ3n) is 4.44. The van der Waals surface area contributed by atoms with E-state index in [1.54, 1.807) is 13.2 Å². The first-order valence-electron chi connectivity index (χ1n) is 8.98. The summed E-state index contributed by atoms with van der Waals surface area (Å²) < 4.78 is 26.0. The van der Waals surface area contributed by atoms with E-state index >= 15 is 0 Å². The van der Waals surface area contributed by atoms with Gasteiger partial charge in [0, 0.05) is 30.9 Å². The minimum atomic E-state index is -0.454. The topological polar surface area (TPSA) is 55.2 Å². The number of nitrogens with one attached hydrogen (secondary N) is 1. The molecular formula is C21H24FN3O3. The van der Waals surface area contributed by atoms with Crippen molar-refractivity contribution in [2.45, 2.75) is 0 Å². The predicted octanol–water partition coefficient (Wildman–Crippen LogP) is 2.60. The Bertz CT molecular complexity index is 1020. The molecule has 2 aromatic heterocycles. The molecule has 1 N–H and O–H groups in total. The normalized spacial score (nSPS) is 11.2. The number of likely N-dealkylation sites (N-methyl/N-ethyl adjacent to an activating group) is 2. The van der Waals surface area contributed by atoms with Gasteiger partial charge in [-0.3, -0.25) is 14.1 Å². The van der Waals surface area contributed by atoms with Crippen LogP contribution in [0, 0.1) is 5.82 Å². The van der Waals surface area contributed by atoms with E-state index in [2.05, 4.69) is 5.32 Å². The summed E-state index contributed by atoms with van der Waals surface area (Å²) in [5, 5.41) is 3.10. The summed E-state index contributed by atoms with van der Waals surface area (Å²) in [6.07, 6.45) is 1.19. The summed E-state index contributed by atoms with van der Waals surface area (Å²) in [6, 6.07) is 11.8. The Hall–Kier alpha value is -2.90. The molecule has 0 unspecified atom stereocenters. The van der Waals surface area contributed by atoms with Crippen LogP contribution in [0.4, 0.5) is 4.39 Å². The number of nitrogens with zero attached hydrogens (tertiary/aromatic N) is 2. The second-order valence-corrected chi connectivity index (χ2v) is 6.55. The molecule has 0 aliphatic carbocycles. The lowest BCUT2D eigenvalue weighted by molar-refractivity contribution is 0.150. The minimum absolute atomic E-state index is 0.294. The Kier molecular flexibility index (Phi) is 6.28. The number of hydrogen-bond acceptors (Lipinski definition) is 5. The van der Waals surface area contributed by atoms with Crippen molar-refractivity contribution in [1.82, 2.24) is 14.6 Å². The average molecular weight is 385 g/mol. The predicted molar refractivity (Wildman–Crippen MR) is 108 cm³/mol. The monoisotopic (exact) mass is 385 g/mol. The van der Waals surface area contributed by atoms with Crippen molar-refractivity contribution in [2.24, 2.45) is 0 Å². The first-order valence-corrected chi connectivity index (χ1v) is 8.98. The Balaban J connectivity index is 1.91. The van der Waals surface area contributed by atoms with Gasteiger partial charge in [0.15, 0.2) is 11.5 Å². The maximum atomic E-state index is 13.4. The van der Waals surface area contributed by atoms with E-state index in [9.17, 15) is 9.18 Å². The van der Waals surface area contributed by atoms with Gasteiger partial charge in [0.05, 0.1) is 7.11 Å². The van der Waals surface area contributed by atoms with Crippen LogP contribution in [0.5, 0.6) is 11.5 Å². The number of ether oxygens (including phenoxy) is 2. The van der Waals surface area contributed by atoms with Gasteiger partial charge in [-0.1, -0.05) is 6.07 Å². The molecule has 3 aromatic rings. The fraction of sp³-hybridized carbons (Fsp3) is 0.286. The molecule has 0 saturated heterocycles. The average Bonchev–Trinajstić information content (AvgIpc) is 2.70. The number of pyridine rings is 2. The van der Waals surface area contributed by atoms with Crippen molar-refractivity contribution in [2.75, 3.05) is 41.0 Å². The first kappa shape index (κ1) is 19.9. The van der Waals surface area contributed by atoms with Gasteiger partial charge in [0.25, 0.3) is 5.56 Å². The standard InChI is InChI=1S/C21H24FN3O3/c1-23-8-9-24(2)14-28-20-11-15(4-7-19(20)27-3)16-10-18-6-5-17(22)13-25(18)21(26)12-16/h4-7,10-13,23H,8-9,14H2,1-3H3. The highest BCUT2D eigenvalue weighted by molar-refractivity contribution is 5.71. The molecule has 0 radical (unpaired) electrons. The molecule has 28 heavy (non-hydrogen) atoms. The molecule has 3 rings (SSSR count). The zero-order valence-electron chi connectivity index (χ0n) is 16.2. The summed E-state index contributed by atoms with van der Waals surface area (Å²) in [5.74, 6) is 0.755. The van der Waals surface area contributed by atoms with E-state index in [-0.39, 0.29) is 5.56 Å². The van der Waals surface area contributed by atoms with E-state index < -0.39 is 5.82 Å². The van der Waals surface area contributed by atoms with Crippen molar-refractivity contribution >= 4 is 5.52 Å². The van der Waals surface area contributed by atoms with Crippen molar-refractivity contribution in [3.8, 4) is 22.6 Å². The van der Waals surface area contributed by atoms with Gasteiger partial charge in [0.2, 0.25) is 0 Å². The molecule has 0 aliphatic rings. The van der Waals surface area contributed by atoms with Crippen LogP contribution in [0.2, 0.25) is 0 Å². The van der Waals surface area contributed by atoms with Gasteiger partial charge in [-0.15, -0.1) is 0 Å². The maximum Gasteiger partial charge on any atom is 0.255 e. The number of rotatable bonds is 8. The number of aromatic nitrogens is 1. The summed E-state index contributed by atoms with van der Waals surface area (Å²) in [5.41, 5.74) is 1.87. The molecular weight excluding hydrogens is 361 g/mol. The lowest BCUT2D eigenvalue weighted by atomic mass is 10.1. The largest absolute Gasteiger partial charge is 0.493 e. The van der Waals surface area contributed by atoms with Gasteiger partial charge in [0.1, 0.15) is 12.5 Å². The molecule has 0 amide bonds. The fourth-order valence-corrected chi connectivity index (χ4v) is 2.88. The van der Waals surface area contributed by atoms with Crippen LogP contribution in [-0.4, -0.2) is 50.3 Å². The molecule has 7 heteroatoms. The zero-order chi connectivity index (χ0) is 20.1. The Morgan fingerprint density at radius 2 is 1.93 bits per heavy atom. The molecule has 2 heterocycles. The van der Waals surface area contributed by atoms with Crippen LogP contribution >= 0.6 is 0 Å². The van der Waals surface area contributed by atoms with Crippen molar-refractivity contribution < 1.29 is 13.9 Å². The Morgan fingerprint density at radius 3 is 2.68 bits per heavy atom. The number of halogens is 1. The maximum absolute atomic E-state index is 13.4. The van der Waals surface area contributed by atoms with Crippen molar-refractivity contribution in [3.63, 3.8) is 0 Å². The summed E-state index contributed by atoms with van der Waals surface area (Å²) >= 11 is 0. The molecule has 0 atom stereocenters. The van der Waals surface area contributed by atoms with Crippen molar-refractivity contribution in [3.05, 3.63) is 64.8 Å². The summed E-state index contributed by atoms with van der Waals surface area (Å²) in [6.45, 7) is 2.11. The smallest absolute Gasteiger partial charge is 0.255 e. The molecule has 6 nitrogen and oxygen atoms in total. The minimum Gasteiger partial charge on any atom is -0.493 e. The molecule has 0 aliphatic heterocycles. The van der Waals surface area contributed by atoms with E-state index in [4.69, 9.17) is 9.47 Å². The highest BCUT2D eigenvalue weighted by atomic mass is 19.1. The van der Waals surface area contributed by atoms with Gasteiger partial charge >= 0.3 is 0 Å². The molecule has 0 spiro atoms. The van der Waals surface area contributed by atoms with E-state index in [1.807, 2.05) is 43.3 Å². The highest BCUT2D eigenvalue weighted by Crippen LogP contribution is 2.32. The third-order valence-corrected chi connectivity index (χ3v) is 4.44. The third kappa shape index (κ3) is 4.49. The second-order valence-electron chi connectivity index (χ2n) is 6.55. The number of hydrogen-bond donors (Lipinski definition) is 1. The number of fused-ring (bicyclic) bond motifs is 1. The quantitative estimate of drug-likeness (QED) is 0.604. The molecule has 0 saturated carbocycles. The Morgan fingerprint density at radius 1 is 1.11 bits per heavy atom. The van der Waals surface area contributed by atoms with Crippen LogP contribution in [0.3, 0.4) is 0 Å². The fourth-order valence-electron chi connectivity index (χ4n) is 2.88. The van der Waals surface area contributed by atoms with Crippen LogP contribution in [0.1, 0.15) is 0 Å². The van der Waals surface area contributed by atoms with Crippen LogP contribution in [0.15, 0.2) is 53.5 Å². The number of benzene rings is 1. The van der Waals surface area contributed by atoms with Crippen LogP contribution in [0.25, 0.3) is 16.6 Å². The SMILES string of the molecule is CNCCN(C)COc1cc(-c2cc(=O)n3cc(F)ccc3c2)ccc1OC. The second kappa shape index (κ2) is 8.86. The molecule has 0 fully saturated rings. The van der Waals surface area contributed by atoms with Gasteiger partial charge in [-0.25, -0.2) is 4.39 Å². The first-order chi connectivity index (χ1) is 13.5. The molecule has 148 valence electrons. The lowest BCUT2D eigenvalue weighted by Gasteiger charge is -2.19. The van der Waals surface area contributed by atoms with E-state index in [0.29, 0.717) is 23.7 Å². The van der Waals surface area contributed by atoms with Crippen molar-refractivity contribution in [1.29, 1.82) is 0 Å². The summed E-state index contributed by atoms with van der Waals surface area (Å²) in [7, 11) is 5.46. The van der Waals surface area contributed by atoms with E-state index in [1.165, 1.54) is 22.7 Å². The lowest BCUT2D eigenvalue weighted by Crippen LogP contribution is -2.30. The van der Waals surface area contributed by atoms with Gasteiger partial charge < -0.3 is 14.8 Å². The summed E-state index contributed by atoms with van der Waals surface area (Å²) in [4.78, 5) is 14.4. The van der Waals surface area contributed by atoms with Gasteiger partial charge in [-0.05, 0) is 55.6 Å². The zero-order valence-corrected chi connectivity index (χ0v) is 16.2.